The van der Waals surface area contributed by atoms with Gasteiger partial charge in [-0.2, -0.15) is 5.10 Å². The highest BCUT2D eigenvalue weighted by Crippen LogP contribution is 2.34. The molecule has 7 rings (SSSR count). The van der Waals surface area contributed by atoms with Gasteiger partial charge in [0.25, 0.3) is 0 Å². The van der Waals surface area contributed by atoms with Crippen molar-refractivity contribution in [3.8, 4) is 33.8 Å². The van der Waals surface area contributed by atoms with E-state index in [0.29, 0.717) is 11.5 Å². The van der Waals surface area contributed by atoms with Crippen molar-refractivity contribution in [2.75, 3.05) is 5.32 Å². The Morgan fingerprint density at radius 3 is 2.76 bits per heavy atom. The molecule has 2 aromatic carbocycles. The first-order valence-electron chi connectivity index (χ1n) is 12.5. The highest BCUT2D eigenvalue weighted by molar-refractivity contribution is 5.98. The third-order valence-electron chi connectivity index (χ3n) is 7.20. The Kier molecular flexibility index (Phi) is 5.09. The summed E-state index contributed by atoms with van der Waals surface area (Å²) in [5.41, 5.74) is 8.03. The molecular weight excluding hydrogens is 464 g/mol. The fourth-order valence-electron chi connectivity index (χ4n) is 5.27. The number of amides is 1. The molecule has 3 N–H and O–H groups in total. The minimum atomic E-state index is 0.0868. The van der Waals surface area contributed by atoms with Gasteiger partial charge < -0.3 is 14.7 Å². The highest BCUT2D eigenvalue weighted by Gasteiger charge is 2.23. The Labute approximate surface area is 212 Å². The van der Waals surface area contributed by atoms with Gasteiger partial charge in [-0.05, 0) is 48.7 Å². The van der Waals surface area contributed by atoms with Gasteiger partial charge in [0.05, 0.1) is 41.0 Å². The summed E-state index contributed by atoms with van der Waals surface area (Å²) in [6.45, 7) is 0. The number of nitrogens with zero attached hydrogens (tertiary/aromatic N) is 3. The van der Waals surface area contributed by atoms with Gasteiger partial charge in [-0.15, -0.1) is 0 Å². The lowest BCUT2D eigenvalue weighted by Crippen LogP contribution is -2.20. The van der Waals surface area contributed by atoms with Crippen LogP contribution in [-0.2, 0) is 4.79 Å². The van der Waals surface area contributed by atoms with Gasteiger partial charge >= 0.3 is 0 Å². The molecule has 0 bridgehead atoms. The first-order valence-corrected chi connectivity index (χ1v) is 12.5. The van der Waals surface area contributed by atoms with E-state index in [1.807, 2.05) is 48.7 Å². The number of furan rings is 1. The lowest BCUT2D eigenvalue weighted by Gasteiger charge is -2.11. The van der Waals surface area contributed by atoms with Crippen LogP contribution in [0.3, 0.4) is 0 Å². The molecule has 1 saturated carbocycles. The first kappa shape index (κ1) is 21.6. The lowest BCUT2D eigenvalue weighted by atomic mass is 10.0. The number of nitrogens with one attached hydrogen (secondary N) is 3. The summed E-state index contributed by atoms with van der Waals surface area (Å²) in [5, 5.41) is 11.7. The second kappa shape index (κ2) is 8.74. The quantitative estimate of drug-likeness (QED) is 0.254. The number of hydrogen-bond acceptors (Lipinski definition) is 5. The van der Waals surface area contributed by atoms with Crippen LogP contribution in [0.5, 0.6) is 0 Å². The smallest absolute Gasteiger partial charge is 0.227 e. The number of para-hydroxylation sites is 1. The topological polar surface area (TPSA) is 112 Å². The van der Waals surface area contributed by atoms with Crippen molar-refractivity contribution in [1.29, 1.82) is 0 Å². The summed E-state index contributed by atoms with van der Waals surface area (Å²) in [5.74, 6) is 0.875. The van der Waals surface area contributed by atoms with E-state index in [4.69, 9.17) is 9.40 Å². The fraction of sp³-hybridized carbons (Fsp3) is 0.172. The highest BCUT2D eigenvalue weighted by atomic mass is 16.3. The van der Waals surface area contributed by atoms with E-state index in [1.54, 1.807) is 18.7 Å². The van der Waals surface area contributed by atoms with Crippen LogP contribution in [0.25, 0.3) is 55.7 Å². The molecule has 8 nitrogen and oxygen atoms in total. The van der Waals surface area contributed by atoms with Crippen LogP contribution in [0.15, 0.2) is 77.9 Å². The van der Waals surface area contributed by atoms with Gasteiger partial charge in [0, 0.05) is 34.2 Å². The Balaban J connectivity index is 1.25. The van der Waals surface area contributed by atoms with E-state index in [1.165, 1.54) is 0 Å². The molecule has 0 saturated heterocycles. The molecule has 1 aliphatic carbocycles. The van der Waals surface area contributed by atoms with Crippen LogP contribution in [-0.4, -0.2) is 31.1 Å². The summed E-state index contributed by atoms with van der Waals surface area (Å²) in [4.78, 5) is 25.3. The number of aromatic amines is 2. The van der Waals surface area contributed by atoms with Crippen LogP contribution in [0.2, 0.25) is 0 Å². The van der Waals surface area contributed by atoms with E-state index in [-0.39, 0.29) is 11.8 Å². The summed E-state index contributed by atoms with van der Waals surface area (Å²) in [6.07, 6.45) is 11.1. The molecule has 0 aliphatic heterocycles. The van der Waals surface area contributed by atoms with Crippen molar-refractivity contribution in [2.45, 2.75) is 25.7 Å². The summed E-state index contributed by atoms with van der Waals surface area (Å²) in [7, 11) is 0. The normalized spacial score (nSPS) is 14.1. The predicted molar refractivity (Wildman–Crippen MR) is 143 cm³/mol. The maximum atomic E-state index is 12.6. The van der Waals surface area contributed by atoms with E-state index >= 15 is 0 Å². The Bertz CT molecular complexity index is 1740. The Morgan fingerprint density at radius 1 is 0.973 bits per heavy atom. The largest absolute Gasteiger partial charge is 0.472 e. The van der Waals surface area contributed by atoms with Crippen LogP contribution in [0, 0.1) is 5.92 Å². The number of carbonyl (C=O) groups is 1. The zero-order valence-electron chi connectivity index (χ0n) is 20.0. The van der Waals surface area contributed by atoms with Crippen LogP contribution in [0.4, 0.5) is 5.69 Å². The van der Waals surface area contributed by atoms with Crippen molar-refractivity contribution in [2.24, 2.45) is 5.92 Å². The third kappa shape index (κ3) is 3.87. The fourth-order valence-corrected chi connectivity index (χ4v) is 5.27. The Morgan fingerprint density at radius 2 is 1.89 bits per heavy atom. The van der Waals surface area contributed by atoms with E-state index in [2.05, 4.69) is 31.5 Å². The molecule has 182 valence electrons. The number of benzene rings is 2. The van der Waals surface area contributed by atoms with Crippen molar-refractivity contribution >= 4 is 33.5 Å². The van der Waals surface area contributed by atoms with Crippen LogP contribution >= 0.6 is 0 Å². The number of rotatable bonds is 5. The number of H-pyrrole nitrogens is 2. The maximum Gasteiger partial charge on any atom is 0.227 e. The van der Waals surface area contributed by atoms with E-state index in [9.17, 15) is 4.79 Å². The molecule has 0 unspecified atom stereocenters. The average molecular weight is 489 g/mol. The molecule has 1 aliphatic rings. The molecule has 1 amide bonds. The Hall–Kier alpha value is -4.72. The summed E-state index contributed by atoms with van der Waals surface area (Å²) < 4.78 is 5.28. The molecule has 1 fully saturated rings. The lowest BCUT2D eigenvalue weighted by molar-refractivity contribution is -0.119. The minimum absolute atomic E-state index is 0.0868. The zero-order chi connectivity index (χ0) is 24.8. The average Bonchev–Trinajstić information content (AvgIpc) is 3.74. The molecule has 37 heavy (non-hydrogen) atoms. The summed E-state index contributed by atoms with van der Waals surface area (Å²) in [6, 6.07) is 16.1. The van der Waals surface area contributed by atoms with Gasteiger partial charge in [-0.3, -0.25) is 14.9 Å². The molecule has 0 spiro atoms. The van der Waals surface area contributed by atoms with Gasteiger partial charge in [0.15, 0.2) is 5.82 Å². The molecule has 4 heterocycles. The van der Waals surface area contributed by atoms with Crippen molar-refractivity contribution in [1.82, 2.24) is 25.1 Å². The van der Waals surface area contributed by atoms with Gasteiger partial charge in [-0.1, -0.05) is 31.0 Å². The van der Waals surface area contributed by atoms with Gasteiger partial charge in [-0.25, -0.2) is 4.98 Å². The maximum absolute atomic E-state index is 12.6. The monoisotopic (exact) mass is 488 g/mol. The van der Waals surface area contributed by atoms with E-state index < -0.39 is 0 Å². The number of imidazole rings is 1. The van der Waals surface area contributed by atoms with E-state index in [0.717, 1.165) is 75.6 Å². The number of carbonyl (C=O) groups excluding carboxylic acids is 1. The van der Waals surface area contributed by atoms with Gasteiger partial charge in [0.2, 0.25) is 5.91 Å². The predicted octanol–water partition coefficient (Wildman–Crippen LogP) is 6.56. The number of aromatic nitrogens is 5. The second-order valence-electron chi connectivity index (χ2n) is 9.56. The summed E-state index contributed by atoms with van der Waals surface area (Å²) >= 11 is 0. The number of fused-ring (bicyclic) bond motifs is 2. The van der Waals surface area contributed by atoms with Crippen LogP contribution < -0.4 is 5.32 Å². The number of anilines is 1. The second-order valence-corrected chi connectivity index (χ2v) is 9.56. The zero-order valence-corrected chi connectivity index (χ0v) is 20.0. The molecule has 8 heteroatoms. The van der Waals surface area contributed by atoms with Crippen molar-refractivity contribution in [3.63, 3.8) is 0 Å². The minimum Gasteiger partial charge on any atom is -0.472 e. The van der Waals surface area contributed by atoms with Gasteiger partial charge in [0.1, 0.15) is 5.69 Å². The molecular formula is C29H24N6O2. The number of pyridine rings is 1. The van der Waals surface area contributed by atoms with Crippen molar-refractivity contribution in [3.05, 3.63) is 73.5 Å². The molecule has 6 aromatic rings. The van der Waals surface area contributed by atoms with Crippen molar-refractivity contribution < 1.29 is 9.21 Å². The molecule has 0 atom stereocenters. The number of hydrogen-bond donors (Lipinski definition) is 3. The third-order valence-corrected chi connectivity index (χ3v) is 7.20. The SMILES string of the molecule is O=C(Nc1cncc(-c2ccc3[nH]nc(-c4nc5c(-c6ccoc6)cccc5[nH]4)c3c2)c1)C1CCCC1. The van der Waals surface area contributed by atoms with Crippen LogP contribution in [0.1, 0.15) is 25.7 Å². The standard InChI is InChI=1S/C29H24N6O2/c36-29(17-4-1-2-5-17)31-21-12-20(14-30-15-21)18-8-9-24-23(13-18)27(35-34-24)28-32-25-7-3-6-22(26(25)33-28)19-10-11-37-16-19/h3,6-17H,1-2,4-5H2,(H,31,36)(H,32,33)(H,34,35). The molecule has 4 aromatic heterocycles. The first-order chi connectivity index (χ1) is 18.2. The molecule has 0 radical (unpaired) electrons.